The number of Topliss-reactive ketones (excluding diaryl/α,β-unsaturated/α-hetero) is 1. The number of rotatable bonds is 8. The normalized spacial score (nSPS) is 11.5. The third-order valence-corrected chi connectivity index (χ3v) is 4.35. The molecule has 0 aromatic heterocycles. The average molecular weight is 385 g/mol. The van der Waals surface area contributed by atoms with Crippen molar-refractivity contribution in [2.24, 2.45) is 5.92 Å². The van der Waals surface area contributed by atoms with Gasteiger partial charge in [-0.15, -0.1) is 0 Å². The number of hydrogen-bond acceptors (Lipinski definition) is 7. The molecule has 0 radical (unpaired) electrons. The zero-order valence-electron chi connectivity index (χ0n) is 15.4. The molecule has 0 saturated carbocycles. The molecule has 0 N–H and O–H groups in total. The number of nitro benzene ring substituents is 1. The topological polar surface area (TPSA) is 113 Å². The summed E-state index contributed by atoms with van der Waals surface area (Å²) in [5.41, 5.74) is 0.691. The van der Waals surface area contributed by atoms with Crippen molar-refractivity contribution in [1.29, 1.82) is 0 Å². The number of methoxy groups -OCH3 is 2. The van der Waals surface area contributed by atoms with Crippen molar-refractivity contribution in [2.45, 2.75) is 12.3 Å². The van der Waals surface area contributed by atoms with Crippen molar-refractivity contribution in [1.82, 2.24) is 0 Å². The highest BCUT2D eigenvalue weighted by atomic mass is 16.6. The molecular weight excluding hydrogens is 366 g/mol. The van der Waals surface area contributed by atoms with Gasteiger partial charge in [-0.1, -0.05) is 30.3 Å². The molecule has 0 heterocycles. The second kappa shape index (κ2) is 9.40. The molecule has 2 aromatic carbocycles. The van der Waals surface area contributed by atoms with Gasteiger partial charge in [-0.3, -0.25) is 24.5 Å². The molecule has 0 aliphatic rings. The first-order valence-electron chi connectivity index (χ1n) is 8.37. The van der Waals surface area contributed by atoms with E-state index in [9.17, 15) is 24.5 Å². The van der Waals surface area contributed by atoms with Gasteiger partial charge in [0.15, 0.2) is 11.7 Å². The zero-order valence-corrected chi connectivity index (χ0v) is 15.4. The zero-order chi connectivity index (χ0) is 20.7. The number of carbonyl (C=O) groups excluding carboxylic acids is 3. The minimum absolute atomic E-state index is 0.141. The van der Waals surface area contributed by atoms with Crippen LogP contribution in [0.4, 0.5) is 5.69 Å². The van der Waals surface area contributed by atoms with Crippen molar-refractivity contribution in [3.63, 3.8) is 0 Å². The van der Waals surface area contributed by atoms with E-state index < -0.39 is 28.7 Å². The Labute approximate surface area is 161 Å². The molecule has 8 heteroatoms. The molecule has 0 unspecified atom stereocenters. The molecule has 0 fully saturated rings. The monoisotopic (exact) mass is 385 g/mol. The van der Waals surface area contributed by atoms with E-state index in [-0.39, 0.29) is 23.5 Å². The Morgan fingerprint density at radius 3 is 1.93 bits per heavy atom. The molecule has 0 aliphatic carbocycles. The Hall–Kier alpha value is -3.55. The second-order valence-corrected chi connectivity index (χ2v) is 5.97. The van der Waals surface area contributed by atoms with Gasteiger partial charge in [-0.25, -0.2) is 0 Å². The van der Waals surface area contributed by atoms with Crippen LogP contribution in [0.25, 0.3) is 0 Å². The number of hydrogen-bond donors (Lipinski definition) is 0. The molecule has 0 saturated heterocycles. The maximum Gasteiger partial charge on any atom is 0.320 e. The summed E-state index contributed by atoms with van der Waals surface area (Å²) in [7, 11) is 2.30. The molecular formula is C20H19NO7. The van der Waals surface area contributed by atoms with Crippen LogP contribution in [0.2, 0.25) is 0 Å². The maximum absolute atomic E-state index is 12.8. The molecule has 0 amide bonds. The minimum atomic E-state index is -1.32. The number of ketones is 1. The standard InChI is InChI=1S/C20H19NO7/c1-27-19(23)18(20(24)28-2)16(13-6-4-3-5-7-13)12-17(22)14-8-10-15(11-9-14)21(25)26/h3-11,16,18H,12H2,1-2H3/t16-/m1/s1. The fourth-order valence-electron chi connectivity index (χ4n) is 2.89. The van der Waals surface area contributed by atoms with E-state index in [1.54, 1.807) is 30.3 Å². The first kappa shape index (κ1) is 20.8. The van der Waals surface area contributed by atoms with E-state index in [4.69, 9.17) is 9.47 Å². The van der Waals surface area contributed by atoms with E-state index in [0.29, 0.717) is 5.56 Å². The molecule has 0 spiro atoms. The summed E-state index contributed by atoms with van der Waals surface area (Å²) in [6.07, 6.45) is -0.184. The highest BCUT2D eigenvalue weighted by Crippen LogP contribution is 2.32. The molecule has 146 valence electrons. The van der Waals surface area contributed by atoms with Crippen LogP contribution in [0.1, 0.15) is 28.3 Å². The number of esters is 2. The number of ether oxygens (including phenoxy) is 2. The minimum Gasteiger partial charge on any atom is -0.468 e. The Morgan fingerprint density at radius 1 is 0.929 bits per heavy atom. The Morgan fingerprint density at radius 2 is 1.46 bits per heavy atom. The van der Waals surface area contributed by atoms with Gasteiger partial charge in [-0.2, -0.15) is 0 Å². The van der Waals surface area contributed by atoms with Gasteiger partial charge in [-0.05, 0) is 17.7 Å². The van der Waals surface area contributed by atoms with E-state index in [1.165, 1.54) is 24.3 Å². The predicted octanol–water partition coefficient (Wildman–Crippen LogP) is 2.91. The van der Waals surface area contributed by atoms with Crippen LogP contribution in [0, 0.1) is 16.0 Å². The molecule has 8 nitrogen and oxygen atoms in total. The number of non-ortho nitro benzene ring substituents is 1. The van der Waals surface area contributed by atoms with Gasteiger partial charge in [0.2, 0.25) is 0 Å². The summed E-state index contributed by atoms with van der Waals surface area (Å²) in [4.78, 5) is 47.5. The number of benzene rings is 2. The summed E-state index contributed by atoms with van der Waals surface area (Å²) in [6.45, 7) is 0. The fourth-order valence-corrected chi connectivity index (χ4v) is 2.89. The Balaban J connectivity index is 2.38. The number of nitro groups is 1. The van der Waals surface area contributed by atoms with E-state index >= 15 is 0 Å². The highest BCUT2D eigenvalue weighted by molar-refractivity contribution is 6.00. The van der Waals surface area contributed by atoms with Crippen LogP contribution in [-0.2, 0) is 19.1 Å². The van der Waals surface area contributed by atoms with Crippen LogP contribution in [-0.4, -0.2) is 36.9 Å². The van der Waals surface area contributed by atoms with E-state index in [1.807, 2.05) is 0 Å². The van der Waals surface area contributed by atoms with Crippen LogP contribution < -0.4 is 0 Å². The van der Waals surface area contributed by atoms with Crippen LogP contribution in [0.15, 0.2) is 54.6 Å². The van der Waals surface area contributed by atoms with Crippen molar-refractivity contribution in [3.05, 3.63) is 75.8 Å². The molecule has 1 atom stereocenters. The van der Waals surface area contributed by atoms with Crippen LogP contribution in [0.3, 0.4) is 0 Å². The summed E-state index contributed by atoms with van der Waals surface area (Å²) in [5.74, 6) is -4.13. The lowest BCUT2D eigenvalue weighted by Crippen LogP contribution is -2.33. The molecule has 2 aromatic rings. The van der Waals surface area contributed by atoms with Gasteiger partial charge in [0.05, 0.1) is 19.1 Å². The second-order valence-electron chi connectivity index (χ2n) is 5.97. The number of nitrogens with zero attached hydrogens (tertiary/aromatic N) is 1. The van der Waals surface area contributed by atoms with E-state index in [2.05, 4.69) is 0 Å². The van der Waals surface area contributed by atoms with Crippen molar-refractivity contribution in [2.75, 3.05) is 14.2 Å². The Kier molecular flexibility index (Phi) is 6.97. The molecule has 28 heavy (non-hydrogen) atoms. The van der Waals surface area contributed by atoms with Gasteiger partial charge in [0.1, 0.15) is 0 Å². The Bertz CT molecular complexity index is 846. The third-order valence-electron chi connectivity index (χ3n) is 4.35. The third kappa shape index (κ3) is 4.79. The SMILES string of the molecule is COC(=O)C(C(=O)OC)[C@H](CC(=O)c1ccc([N+](=O)[O-])cc1)c1ccccc1. The predicted molar refractivity (Wildman–Crippen MR) is 98.7 cm³/mol. The van der Waals surface area contributed by atoms with Gasteiger partial charge in [0.25, 0.3) is 5.69 Å². The van der Waals surface area contributed by atoms with Crippen LogP contribution in [0.5, 0.6) is 0 Å². The lowest BCUT2D eigenvalue weighted by Gasteiger charge is -2.23. The van der Waals surface area contributed by atoms with Crippen LogP contribution >= 0.6 is 0 Å². The highest BCUT2D eigenvalue weighted by Gasteiger charge is 2.39. The molecule has 0 aliphatic heterocycles. The summed E-state index contributed by atoms with van der Waals surface area (Å²) >= 11 is 0. The van der Waals surface area contributed by atoms with Crippen molar-refractivity contribution < 1.29 is 28.8 Å². The van der Waals surface area contributed by atoms with Gasteiger partial charge >= 0.3 is 11.9 Å². The molecule has 0 bridgehead atoms. The largest absolute Gasteiger partial charge is 0.468 e. The van der Waals surface area contributed by atoms with E-state index in [0.717, 1.165) is 14.2 Å². The summed E-state index contributed by atoms with van der Waals surface area (Å²) in [5, 5.41) is 10.8. The van der Waals surface area contributed by atoms with Gasteiger partial charge in [0, 0.05) is 30.0 Å². The lowest BCUT2D eigenvalue weighted by atomic mass is 9.81. The number of carbonyl (C=O) groups is 3. The van der Waals surface area contributed by atoms with Crippen molar-refractivity contribution in [3.8, 4) is 0 Å². The smallest absolute Gasteiger partial charge is 0.320 e. The first-order chi connectivity index (χ1) is 13.4. The maximum atomic E-state index is 12.8. The van der Waals surface area contributed by atoms with Gasteiger partial charge < -0.3 is 9.47 Å². The average Bonchev–Trinajstić information content (AvgIpc) is 2.73. The fraction of sp³-hybridized carbons (Fsp3) is 0.250. The quantitative estimate of drug-likeness (QED) is 0.226. The molecule has 2 rings (SSSR count). The summed E-state index contributed by atoms with van der Waals surface area (Å²) < 4.78 is 9.48. The lowest BCUT2D eigenvalue weighted by molar-refractivity contribution is -0.384. The first-order valence-corrected chi connectivity index (χ1v) is 8.37. The summed E-state index contributed by atoms with van der Waals surface area (Å²) in [6, 6.07) is 13.8. The van der Waals surface area contributed by atoms with Crippen molar-refractivity contribution >= 4 is 23.4 Å².